The summed E-state index contributed by atoms with van der Waals surface area (Å²) < 4.78 is 0. The van der Waals surface area contributed by atoms with Crippen molar-refractivity contribution in [2.24, 2.45) is 0 Å². The standard InChI is InChI=1S/C40H77NO3/c1-3-5-7-8-9-10-11-12-13-14-15-16-17-18-19-20-21-22-23-24-25-26-27-28-29-30-31-32-33-34-35-39(43)38(37-42)41-40(44)36-6-4-2/h30-31,34-35,38-39,42-43H,3-29,32-33,36-37H2,1-2H3,(H,41,44)/b31-30+,35-34+. The van der Waals surface area contributed by atoms with E-state index in [0.29, 0.717) is 6.42 Å². The van der Waals surface area contributed by atoms with Gasteiger partial charge in [0.05, 0.1) is 18.8 Å². The summed E-state index contributed by atoms with van der Waals surface area (Å²) in [6, 6.07) is -0.630. The number of hydrogen-bond donors (Lipinski definition) is 3. The fourth-order valence-electron chi connectivity index (χ4n) is 5.88. The van der Waals surface area contributed by atoms with Crippen molar-refractivity contribution in [3.05, 3.63) is 24.3 Å². The van der Waals surface area contributed by atoms with Crippen molar-refractivity contribution in [2.45, 2.75) is 219 Å². The molecule has 0 aromatic rings. The van der Waals surface area contributed by atoms with Crippen LogP contribution in [0.3, 0.4) is 0 Å². The van der Waals surface area contributed by atoms with E-state index in [0.717, 1.165) is 32.1 Å². The molecule has 0 aliphatic rings. The van der Waals surface area contributed by atoms with Crippen LogP contribution in [0.15, 0.2) is 24.3 Å². The highest BCUT2D eigenvalue weighted by atomic mass is 16.3. The van der Waals surface area contributed by atoms with Crippen molar-refractivity contribution in [3.8, 4) is 0 Å². The van der Waals surface area contributed by atoms with Crippen LogP contribution in [-0.2, 0) is 4.79 Å². The van der Waals surface area contributed by atoms with E-state index in [1.165, 1.54) is 154 Å². The lowest BCUT2D eigenvalue weighted by Crippen LogP contribution is -2.45. The molecule has 0 heterocycles. The third kappa shape index (κ3) is 32.3. The Kier molecular flexibility index (Phi) is 35.4. The van der Waals surface area contributed by atoms with Crippen LogP contribution in [0.4, 0.5) is 0 Å². The van der Waals surface area contributed by atoms with Gasteiger partial charge in [-0.3, -0.25) is 4.79 Å². The molecule has 0 fully saturated rings. The summed E-state index contributed by atoms with van der Waals surface area (Å²) in [5.41, 5.74) is 0. The summed E-state index contributed by atoms with van der Waals surface area (Å²) in [6.07, 6.45) is 46.8. The van der Waals surface area contributed by atoms with Crippen molar-refractivity contribution in [1.82, 2.24) is 5.32 Å². The number of carbonyl (C=O) groups excluding carboxylic acids is 1. The van der Waals surface area contributed by atoms with Gasteiger partial charge < -0.3 is 15.5 Å². The second kappa shape index (κ2) is 36.3. The first-order chi connectivity index (χ1) is 21.7. The molecule has 0 aliphatic carbocycles. The normalized spacial score (nSPS) is 13.3. The zero-order valence-electron chi connectivity index (χ0n) is 29.7. The second-order valence-corrected chi connectivity index (χ2v) is 13.3. The number of aliphatic hydroxyl groups excluding tert-OH is 2. The Morgan fingerprint density at radius 2 is 0.886 bits per heavy atom. The highest BCUT2D eigenvalue weighted by molar-refractivity contribution is 5.76. The molecule has 4 heteroatoms. The SMILES string of the molecule is CCCCCCCCCCCCCCCCCCCCCCCCCC/C=C/CC/C=C/C(O)C(CO)NC(=O)CCCC. The number of hydrogen-bond acceptors (Lipinski definition) is 3. The van der Waals surface area contributed by atoms with Crippen LogP contribution in [0.1, 0.15) is 206 Å². The summed E-state index contributed by atoms with van der Waals surface area (Å²) in [7, 11) is 0. The van der Waals surface area contributed by atoms with Crippen LogP contribution in [0.5, 0.6) is 0 Å². The summed E-state index contributed by atoms with van der Waals surface area (Å²) in [6.45, 7) is 4.07. The lowest BCUT2D eigenvalue weighted by atomic mass is 10.0. The lowest BCUT2D eigenvalue weighted by Gasteiger charge is -2.19. The number of amides is 1. The van der Waals surface area contributed by atoms with Crippen molar-refractivity contribution >= 4 is 5.91 Å². The molecule has 3 N–H and O–H groups in total. The average Bonchev–Trinajstić information content (AvgIpc) is 3.03. The topological polar surface area (TPSA) is 69.6 Å². The molecule has 0 rings (SSSR count). The number of allylic oxidation sites excluding steroid dienone is 3. The quantitative estimate of drug-likeness (QED) is 0.0488. The number of carbonyl (C=O) groups is 1. The van der Waals surface area contributed by atoms with E-state index >= 15 is 0 Å². The summed E-state index contributed by atoms with van der Waals surface area (Å²) in [5, 5.41) is 22.4. The van der Waals surface area contributed by atoms with Gasteiger partial charge in [-0.25, -0.2) is 0 Å². The predicted molar refractivity (Wildman–Crippen MR) is 193 cm³/mol. The van der Waals surface area contributed by atoms with E-state index in [9.17, 15) is 15.0 Å². The van der Waals surface area contributed by atoms with Gasteiger partial charge in [-0.2, -0.15) is 0 Å². The highest BCUT2D eigenvalue weighted by Crippen LogP contribution is 2.16. The van der Waals surface area contributed by atoms with Crippen LogP contribution in [0.2, 0.25) is 0 Å². The molecular weight excluding hydrogens is 542 g/mol. The Balaban J connectivity index is 3.35. The van der Waals surface area contributed by atoms with Crippen LogP contribution < -0.4 is 5.32 Å². The first kappa shape index (κ1) is 42.9. The third-order valence-electron chi connectivity index (χ3n) is 8.94. The zero-order chi connectivity index (χ0) is 32.2. The molecule has 0 aromatic heterocycles. The molecule has 0 bridgehead atoms. The molecule has 260 valence electrons. The molecule has 0 saturated carbocycles. The number of rotatable bonds is 35. The smallest absolute Gasteiger partial charge is 0.220 e. The Morgan fingerprint density at radius 1 is 0.523 bits per heavy atom. The zero-order valence-corrected chi connectivity index (χ0v) is 29.7. The molecule has 44 heavy (non-hydrogen) atoms. The summed E-state index contributed by atoms with van der Waals surface area (Å²) in [4.78, 5) is 11.8. The first-order valence-electron chi connectivity index (χ1n) is 19.6. The maximum atomic E-state index is 11.8. The van der Waals surface area contributed by atoms with Crippen molar-refractivity contribution in [1.29, 1.82) is 0 Å². The van der Waals surface area contributed by atoms with Gasteiger partial charge in [0.2, 0.25) is 5.91 Å². The third-order valence-corrected chi connectivity index (χ3v) is 8.94. The second-order valence-electron chi connectivity index (χ2n) is 13.3. The Morgan fingerprint density at radius 3 is 1.30 bits per heavy atom. The number of nitrogens with one attached hydrogen (secondary N) is 1. The molecule has 2 unspecified atom stereocenters. The molecule has 2 atom stereocenters. The molecule has 0 radical (unpaired) electrons. The van der Waals surface area contributed by atoms with E-state index < -0.39 is 12.1 Å². The Labute approximate surface area is 275 Å². The van der Waals surface area contributed by atoms with E-state index in [1.807, 2.05) is 13.0 Å². The van der Waals surface area contributed by atoms with Crippen molar-refractivity contribution < 1.29 is 15.0 Å². The monoisotopic (exact) mass is 620 g/mol. The number of unbranched alkanes of at least 4 members (excludes halogenated alkanes) is 26. The van der Waals surface area contributed by atoms with Gasteiger partial charge in [0.15, 0.2) is 0 Å². The lowest BCUT2D eigenvalue weighted by molar-refractivity contribution is -0.123. The summed E-state index contributed by atoms with van der Waals surface area (Å²) >= 11 is 0. The van der Waals surface area contributed by atoms with Gasteiger partial charge in [0, 0.05) is 6.42 Å². The molecule has 0 aliphatic heterocycles. The van der Waals surface area contributed by atoms with Gasteiger partial charge in [-0.15, -0.1) is 0 Å². The minimum absolute atomic E-state index is 0.109. The largest absolute Gasteiger partial charge is 0.394 e. The van der Waals surface area contributed by atoms with Gasteiger partial charge >= 0.3 is 0 Å². The average molecular weight is 620 g/mol. The van der Waals surface area contributed by atoms with E-state index in [2.05, 4.69) is 24.4 Å². The van der Waals surface area contributed by atoms with Crippen LogP contribution in [-0.4, -0.2) is 34.9 Å². The van der Waals surface area contributed by atoms with Crippen LogP contribution in [0.25, 0.3) is 0 Å². The summed E-state index contributed by atoms with van der Waals surface area (Å²) in [5.74, 6) is -0.109. The maximum Gasteiger partial charge on any atom is 0.220 e. The van der Waals surface area contributed by atoms with E-state index in [-0.39, 0.29) is 12.5 Å². The van der Waals surface area contributed by atoms with Crippen LogP contribution >= 0.6 is 0 Å². The highest BCUT2D eigenvalue weighted by Gasteiger charge is 2.17. The van der Waals surface area contributed by atoms with E-state index in [1.54, 1.807) is 6.08 Å². The van der Waals surface area contributed by atoms with Gasteiger partial charge in [0.25, 0.3) is 0 Å². The maximum absolute atomic E-state index is 11.8. The number of aliphatic hydroxyl groups is 2. The van der Waals surface area contributed by atoms with Gasteiger partial charge in [-0.1, -0.05) is 192 Å². The fourth-order valence-corrected chi connectivity index (χ4v) is 5.88. The van der Waals surface area contributed by atoms with E-state index in [4.69, 9.17) is 0 Å². The minimum atomic E-state index is -0.853. The molecular formula is C40H77NO3. The first-order valence-corrected chi connectivity index (χ1v) is 19.6. The van der Waals surface area contributed by atoms with Crippen LogP contribution in [0, 0.1) is 0 Å². The van der Waals surface area contributed by atoms with Gasteiger partial charge in [-0.05, 0) is 32.1 Å². The molecule has 0 spiro atoms. The van der Waals surface area contributed by atoms with Gasteiger partial charge in [0.1, 0.15) is 0 Å². The van der Waals surface area contributed by atoms with Crippen molar-refractivity contribution in [2.75, 3.05) is 6.61 Å². The molecule has 1 amide bonds. The Bertz CT molecular complexity index is 632. The molecule has 0 saturated heterocycles. The van der Waals surface area contributed by atoms with Crippen molar-refractivity contribution in [3.63, 3.8) is 0 Å². The predicted octanol–water partition coefficient (Wildman–Crippen LogP) is 11.7. The minimum Gasteiger partial charge on any atom is -0.394 e. The molecule has 0 aromatic carbocycles. The fraction of sp³-hybridized carbons (Fsp3) is 0.875. The molecule has 4 nitrogen and oxygen atoms in total. The Hall–Kier alpha value is -1.13.